The summed E-state index contributed by atoms with van der Waals surface area (Å²) in [4.78, 5) is 1.93. The molecule has 1 aromatic rings. The molecule has 88 valence electrons. The second kappa shape index (κ2) is 6.45. The molecular formula is C12H18N2OS. The molecule has 0 atom stereocenters. The van der Waals surface area contributed by atoms with E-state index in [4.69, 9.17) is 17.3 Å². The molecular weight excluding hydrogens is 220 g/mol. The molecule has 0 radical (unpaired) electrons. The normalized spacial score (nSPS) is 9.94. The van der Waals surface area contributed by atoms with Gasteiger partial charge in [-0.1, -0.05) is 12.1 Å². The molecule has 2 N–H and O–H groups in total. The fourth-order valence-electron chi connectivity index (χ4n) is 1.45. The van der Waals surface area contributed by atoms with Crippen LogP contribution in [0.2, 0.25) is 0 Å². The van der Waals surface area contributed by atoms with E-state index in [9.17, 15) is 0 Å². The van der Waals surface area contributed by atoms with Crippen LogP contribution in [0.25, 0.3) is 0 Å². The summed E-state index contributed by atoms with van der Waals surface area (Å²) >= 11 is 5.27. The van der Waals surface area contributed by atoms with E-state index in [-0.39, 0.29) is 6.61 Å². The number of benzene rings is 1. The summed E-state index contributed by atoms with van der Waals surface area (Å²) in [6.07, 6.45) is 0. The van der Waals surface area contributed by atoms with Crippen LogP contribution in [0.5, 0.6) is 0 Å². The molecule has 0 saturated heterocycles. The van der Waals surface area contributed by atoms with Crippen molar-refractivity contribution in [2.75, 3.05) is 25.0 Å². The van der Waals surface area contributed by atoms with Crippen LogP contribution in [-0.4, -0.2) is 34.8 Å². The van der Waals surface area contributed by atoms with Crippen LogP contribution in [0, 0.1) is 6.92 Å². The van der Waals surface area contributed by atoms with Gasteiger partial charge in [0.1, 0.15) is 0 Å². The highest BCUT2D eigenvalue weighted by atomic mass is 32.1. The maximum atomic E-state index is 8.90. The van der Waals surface area contributed by atoms with Gasteiger partial charge in [-0.3, -0.25) is 0 Å². The Morgan fingerprint density at radius 1 is 1.50 bits per heavy atom. The molecule has 4 heteroatoms. The summed E-state index contributed by atoms with van der Waals surface area (Å²) < 4.78 is 0. The van der Waals surface area contributed by atoms with Crippen LogP contribution in [-0.2, 0) is 0 Å². The molecule has 0 unspecified atom stereocenters. The molecule has 0 fully saturated rings. The van der Waals surface area contributed by atoms with Gasteiger partial charge in [-0.05, 0) is 43.8 Å². The quantitative estimate of drug-likeness (QED) is 0.787. The van der Waals surface area contributed by atoms with Crippen LogP contribution >= 0.6 is 12.2 Å². The topological polar surface area (TPSA) is 35.5 Å². The lowest BCUT2D eigenvalue weighted by atomic mass is 10.2. The Bertz CT molecular complexity index is 355. The average Bonchev–Trinajstić information content (AvgIpc) is 2.25. The molecule has 3 nitrogen and oxygen atoms in total. The molecule has 0 aliphatic heterocycles. The highest BCUT2D eigenvalue weighted by Gasteiger charge is 2.06. The Morgan fingerprint density at radius 2 is 2.25 bits per heavy atom. The number of nitrogens with zero attached hydrogens (tertiary/aromatic N) is 1. The molecule has 0 aromatic heterocycles. The molecule has 0 aliphatic carbocycles. The van der Waals surface area contributed by atoms with E-state index >= 15 is 0 Å². The number of aryl methyl sites for hydroxylation is 1. The fraction of sp³-hybridized carbons (Fsp3) is 0.417. The minimum absolute atomic E-state index is 0.115. The average molecular weight is 238 g/mol. The van der Waals surface area contributed by atoms with Crippen molar-refractivity contribution in [2.45, 2.75) is 13.8 Å². The number of hydrogen-bond donors (Lipinski definition) is 2. The van der Waals surface area contributed by atoms with Gasteiger partial charge in [-0.2, -0.15) is 0 Å². The number of nitrogens with one attached hydrogen (secondary N) is 1. The van der Waals surface area contributed by atoms with Crippen molar-refractivity contribution in [2.24, 2.45) is 0 Å². The van der Waals surface area contributed by atoms with Gasteiger partial charge in [-0.15, -0.1) is 0 Å². The number of hydrogen-bond acceptors (Lipinski definition) is 2. The van der Waals surface area contributed by atoms with E-state index in [2.05, 4.69) is 5.32 Å². The van der Waals surface area contributed by atoms with Crippen molar-refractivity contribution in [1.29, 1.82) is 0 Å². The van der Waals surface area contributed by atoms with Crippen LogP contribution < -0.4 is 5.32 Å². The molecule has 0 amide bonds. The zero-order chi connectivity index (χ0) is 12.0. The van der Waals surface area contributed by atoms with Gasteiger partial charge in [0.2, 0.25) is 0 Å². The molecule has 16 heavy (non-hydrogen) atoms. The number of aliphatic hydroxyl groups is 1. The first-order valence-electron chi connectivity index (χ1n) is 5.40. The third kappa shape index (κ3) is 3.79. The van der Waals surface area contributed by atoms with Gasteiger partial charge in [0.15, 0.2) is 5.11 Å². The molecule has 0 aliphatic rings. The number of anilines is 1. The van der Waals surface area contributed by atoms with Crippen molar-refractivity contribution in [3.05, 3.63) is 29.8 Å². The Morgan fingerprint density at radius 3 is 2.81 bits per heavy atom. The Kier molecular flexibility index (Phi) is 5.22. The molecule has 1 aromatic carbocycles. The van der Waals surface area contributed by atoms with Crippen molar-refractivity contribution < 1.29 is 5.11 Å². The zero-order valence-electron chi connectivity index (χ0n) is 9.73. The summed E-state index contributed by atoms with van der Waals surface area (Å²) in [5, 5.41) is 12.7. The Balaban J connectivity index is 2.62. The smallest absolute Gasteiger partial charge is 0.173 e. The van der Waals surface area contributed by atoms with Gasteiger partial charge in [0.05, 0.1) is 6.61 Å². The van der Waals surface area contributed by atoms with Gasteiger partial charge < -0.3 is 15.3 Å². The maximum Gasteiger partial charge on any atom is 0.173 e. The molecule has 0 bridgehead atoms. The standard InChI is InChI=1S/C12H18N2OS/c1-3-14(7-8-15)12(16)13-11-6-4-5-10(2)9-11/h4-6,9,15H,3,7-8H2,1-2H3,(H,13,16). The minimum Gasteiger partial charge on any atom is -0.395 e. The third-order valence-electron chi connectivity index (χ3n) is 2.31. The first kappa shape index (κ1) is 12.9. The summed E-state index contributed by atoms with van der Waals surface area (Å²) in [6, 6.07) is 8.05. The lowest BCUT2D eigenvalue weighted by Gasteiger charge is -2.23. The van der Waals surface area contributed by atoms with Crippen molar-refractivity contribution in [1.82, 2.24) is 4.90 Å². The largest absolute Gasteiger partial charge is 0.395 e. The lowest BCUT2D eigenvalue weighted by Crippen LogP contribution is -2.36. The Labute approximate surface area is 102 Å². The van der Waals surface area contributed by atoms with Crippen molar-refractivity contribution in [3.8, 4) is 0 Å². The van der Waals surface area contributed by atoms with E-state index in [0.29, 0.717) is 11.7 Å². The number of thiocarbonyl (C=S) groups is 1. The maximum absolute atomic E-state index is 8.90. The summed E-state index contributed by atoms with van der Waals surface area (Å²) in [6.45, 7) is 5.52. The predicted molar refractivity (Wildman–Crippen MR) is 71.7 cm³/mol. The summed E-state index contributed by atoms with van der Waals surface area (Å²) in [5.74, 6) is 0. The van der Waals surface area contributed by atoms with Gasteiger partial charge in [0, 0.05) is 18.8 Å². The van der Waals surface area contributed by atoms with E-state index in [1.807, 2.05) is 43.0 Å². The second-order valence-electron chi connectivity index (χ2n) is 3.60. The number of likely N-dealkylation sites (N-methyl/N-ethyl adjacent to an activating group) is 1. The minimum atomic E-state index is 0.115. The highest BCUT2D eigenvalue weighted by Crippen LogP contribution is 2.10. The lowest BCUT2D eigenvalue weighted by molar-refractivity contribution is 0.254. The third-order valence-corrected chi connectivity index (χ3v) is 2.67. The Hall–Kier alpha value is -1.13. The van der Waals surface area contributed by atoms with Crippen LogP contribution in [0.1, 0.15) is 12.5 Å². The van der Waals surface area contributed by atoms with Crippen molar-refractivity contribution in [3.63, 3.8) is 0 Å². The highest BCUT2D eigenvalue weighted by molar-refractivity contribution is 7.80. The van der Waals surface area contributed by atoms with Gasteiger partial charge in [-0.25, -0.2) is 0 Å². The summed E-state index contributed by atoms with van der Waals surface area (Å²) in [7, 11) is 0. The molecule has 0 saturated carbocycles. The number of rotatable bonds is 4. The van der Waals surface area contributed by atoms with Crippen LogP contribution in [0.15, 0.2) is 24.3 Å². The van der Waals surface area contributed by atoms with Crippen molar-refractivity contribution >= 4 is 23.0 Å². The summed E-state index contributed by atoms with van der Waals surface area (Å²) in [5.41, 5.74) is 2.18. The first-order chi connectivity index (χ1) is 7.67. The van der Waals surface area contributed by atoms with Crippen LogP contribution in [0.4, 0.5) is 5.69 Å². The van der Waals surface area contributed by atoms with E-state index in [1.165, 1.54) is 5.56 Å². The van der Waals surface area contributed by atoms with Crippen LogP contribution in [0.3, 0.4) is 0 Å². The molecule has 0 heterocycles. The second-order valence-corrected chi connectivity index (χ2v) is 3.99. The number of aliphatic hydroxyl groups excluding tert-OH is 1. The SMILES string of the molecule is CCN(CCO)C(=S)Nc1cccc(C)c1. The van der Waals surface area contributed by atoms with E-state index < -0.39 is 0 Å². The fourth-order valence-corrected chi connectivity index (χ4v) is 1.79. The zero-order valence-corrected chi connectivity index (χ0v) is 10.5. The van der Waals surface area contributed by atoms with Gasteiger partial charge >= 0.3 is 0 Å². The predicted octanol–water partition coefficient (Wildman–Crippen LogP) is 2.01. The first-order valence-corrected chi connectivity index (χ1v) is 5.81. The van der Waals surface area contributed by atoms with E-state index in [0.717, 1.165) is 12.2 Å². The molecule has 0 spiro atoms. The van der Waals surface area contributed by atoms with E-state index in [1.54, 1.807) is 0 Å². The monoisotopic (exact) mass is 238 g/mol. The molecule has 1 rings (SSSR count). The van der Waals surface area contributed by atoms with Gasteiger partial charge in [0.25, 0.3) is 0 Å².